The van der Waals surface area contributed by atoms with Crippen molar-refractivity contribution in [3.05, 3.63) is 0 Å². The van der Waals surface area contributed by atoms with Crippen molar-refractivity contribution >= 4 is 0 Å². The first-order valence-electron chi connectivity index (χ1n) is 6.25. The average molecular weight is 213 g/mol. The Hall–Kier alpha value is -0.120. The van der Waals surface area contributed by atoms with Crippen LogP contribution in [0, 0.1) is 5.92 Å². The zero-order valence-corrected chi connectivity index (χ0v) is 10.8. The summed E-state index contributed by atoms with van der Waals surface area (Å²) in [5.74, 6) is 0.773. The summed E-state index contributed by atoms with van der Waals surface area (Å²) in [5, 5.41) is 3.46. The number of rotatable bonds is 5. The summed E-state index contributed by atoms with van der Waals surface area (Å²) in [7, 11) is 4.30. The molecule has 1 rings (SSSR count). The van der Waals surface area contributed by atoms with Gasteiger partial charge >= 0.3 is 0 Å². The molecule has 0 aromatic heterocycles. The van der Waals surface area contributed by atoms with Crippen LogP contribution in [0.2, 0.25) is 0 Å². The highest BCUT2D eigenvalue weighted by atomic mass is 15.3. The van der Waals surface area contributed by atoms with Gasteiger partial charge in [0.1, 0.15) is 0 Å². The Morgan fingerprint density at radius 1 is 1.20 bits per heavy atom. The lowest BCUT2D eigenvalue weighted by Gasteiger charge is -2.36. The summed E-state index contributed by atoms with van der Waals surface area (Å²) in [6.45, 7) is 10.7. The van der Waals surface area contributed by atoms with Gasteiger partial charge in [-0.1, -0.05) is 20.3 Å². The summed E-state index contributed by atoms with van der Waals surface area (Å²) in [4.78, 5) is 5.00. The summed E-state index contributed by atoms with van der Waals surface area (Å²) in [5.41, 5.74) is 0. The molecule has 1 aliphatic heterocycles. The lowest BCUT2D eigenvalue weighted by molar-refractivity contribution is 0.133. The van der Waals surface area contributed by atoms with E-state index in [2.05, 4.69) is 43.1 Å². The van der Waals surface area contributed by atoms with Crippen molar-refractivity contribution in [2.45, 2.75) is 26.3 Å². The lowest BCUT2D eigenvalue weighted by atomic mass is 9.98. The van der Waals surface area contributed by atoms with Crippen molar-refractivity contribution in [2.75, 3.05) is 46.8 Å². The Morgan fingerprint density at radius 3 is 2.27 bits per heavy atom. The summed E-state index contributed by atoms with van der Waals surface area (Å²) >= 11 is 0. The molecule has 1 N–H and O–H groups in total. The Bertz CT molecular complexity index is 164. The fourth-order valence-corrected chi connectivity index (χ4v) is 2.15. The van der Waals surface area contributed by atoms with E-state index in [0.717, 1.165) is 5.92 Å². The maximum absolute atomic E-state index is 3.46. The third-order valence-corrected chi connectivity index (χ3v) is 3.75. The van der Waals surface area contributed by atoms with E-state index in [-0.39, 0.29) is 0 Å². The summed E-state index contributed by atoms with van der Waals surface area (Å²) < 4.78 is 0. The number of hydrogen-bond donors (Lipinski definition) is 1. The molecule has 3 heteroatoms. The number of nitrogens with one attached hydrogen (secondary N) is 1. The van der Waals surface area contributed by atoms with Crippen LogP contribution in [0.3, 0.4) is 0 Å². The molecular formula is C12H27N3. The van der Waals surface area contributed by atoms with Gasteiger partial charge in [0.15, 0.2) is 0 Å². The quantitative estimate of drug-likeness (QED) is 0.731. The highest BCUT2D eigenvalue weighted by Crippen LogP contribution is 2.10. The van der Waals surface area contributed by atoms with Crippen molar-refractivity contribution in [1.82, 2.24) is 15.1 Å². The SMILES string of the molecule is CCC(C)C(CN1CCN(C)CC1)NC. The van der Waals surface area contributed by atoms with Crippen LogP contribution in [0.5, 0.6) is 0 Å². The number of hydrogen-bond acceptors (Lipinski definition) is 3. The molecular weight excluding hydrogens is 186 g/mol. The zero-order chi connectivity index (χ0) is 11.3. The average Bonchev–Trinajstić information content (AvgIpc) is 2.27. The van der Waals surface area contributed by atoms with Crippen molar-refractivity contribution < 1.29 is 0 Å². The largest absolute Gasteiger partial charge is 0.315 e. The second-order valence-electron chi connectivity index (χ2n) is 4.88. The van der Waals surface area contributed by atoms with E-state index >= 15 is 0 Å². The molecule has 1 heterocycles. The van der Waals surface area contributed by atoms with E-state index in [0.29, 0.717) is 6.04 Å². The molecule has 2 atom stereocenters. The Morgan fingerprint density at radius 2 is 1.80 bits per heavy atom. The monoisotopic (exact) mass is 213 g/mol. The normalized spacial score (nSPS) is 24.0. The summed E-state index contributed by atoms with van der Waals surface area (Å²) in [6, 6.07) is 0.651. The predicted octanol–water partition coefficient (Wildman–Crippen LogP) is 0.868. The van der Waals surface area contributed by atoms with Gasteiger partial charge in [-0.3, -0.25) is 4.90 Å². The molecule has 1 saturated heterocycles. The molecule has 0 spiro atoms. The summed E-state index contributed by atoms with van der Waals surface area (Å²) in [6.07, 6.45) is 1.26. The lowest BCUT2D eigenvalue weighted by Crippen LogP contribution is -2.50. The second-order valence-corrected chi connectivity index (χ2v) is 4.88. The molecule has 0 saturated carbocycles. The van der Waals surface area contributed by atoms with Gasteiger partial charge in [-0.05, 0) is 20.0 Å². The smallest absolute Gasteiger partial charge is 0.0217 e. The number of nitrogens with zero attached hydrogens (tertiary/aromatic N) is 2. The van der Waals surface area contributed by atoms with Gasteiger partial charge in [-0.2, -0.15) is 0 Å². The molecule has 15 heavy (non-hydrogen) atoms. The first kappa shape index (κ1) is 12.9. The van der Waals surface area contributed by atoms with Crippen LogP contribution in [0.4, 0.5) is 0 Å². The van der Waals surface area contributed by atoms with Crippen LogP contribution in [0.15, 0.2) is 0 Å². The number of piperazine rings is 1. The maximum atomic E-state index is 3.46. The van der Waals surface area contributed by atoms with E-state index in [1.54, 1.807) is 0 Å². The van der Waals surface area contributed by atoms with Crippen LogP contribution >= 0.6 is 0 Å². The van der Waals surface area contributed by atoms with Gasteiger partial charge in [0.25, 0.3) is 0 Å². The molecule has 0 aliphatic carbocycles. The van der Waals surface area contributed by atoms with Crippen LogP contribution in [0.1, 0.15) is 20.3 Å². The van der Waals surface area contributed by atoms with Gasteiger partial charge in [0, 0.05) is 38.8 Å². The van der Waals surface area contributed by atoms with Gasteiger partial charge in [0.05, 0.1) is 0 Å². The molecule has 1 fully saturated rings. The van der Waals surface area contributed by atoms with Crippen molar-refractivity contribution in [1.29, 1.82) is 0 Å². The van der Waals surface area contributed by atoms with E-state index in [9.17, 15) is 0 Å². The third kappa shape index (κ3) is 4.09. The third-order valence-electron chi connectivity index (χ3n) is 3.75. The minimum absolute atomic E-state index is 0.651. The highest BCUT2D eigenvalue weighted by Gasteiger charge is 2.20. The molecule has 0 aromatic carbocycles. The molecule has 90 valence electrons. The minimum atomic E-state index is 0.651. The number of likely N-dealkylation sites (N-methyl/N-ethyl adjacent to an activating group) is 2. The van der Waals surface area contributed by atoms with Crippen LogP contribution in [0.25, 0.3) is 0 Å². The van der Waals surface area contributed by atoms with Crippen molar-refractivity contribution in [3.63, 3.8) is 0 Å². The zero-order valence-electron chi connectivity index (χ0n) is 10.8. The highest BCUT2D eigenvalue weighted by molar-refractivity contribution is 4.78. The van der Waals surface area contributed by atoms with E-state index in [4.69, 9.17) is 0 Å². The van der Waals surface area contributed by atoms with E-state index in [1.165, 1.54) is 39.1 Å². The molecule has 2 unspecified atom stereocenters. The minimum Gasteiger partial charge on any atom is -0.315 e. The fraction of sp³-hybridized carbons (Fsp3) is 1.00. The van der Waals surface area contributed by atoms with Gasteiger partial charge < -0.3 is 10.2 Å². The Balaban J connectivity index is 2.32. The molecule has 0 amide bonds. The fourth-order valence-electron chi connectivity index (χ4n) is 2.15. The van der Waals surface area contributed by atoms with E-state index in [1.807, 2.05) is 0 Å². The van der Waals surface area contributed by atoms with Gasteiger partial charge in [-0.25, -0.2) is 0 Å². The predicted molar refractivity (Wildman–Crippen MR) is 66.2 cm³/mol. The van der Waals surface area contributed by atoms with Crippen LogP contribution < -0.4 is 5.32 Å². The molecule has 0 aromatic rings. The second kappa shape index (κ2) is 6.46. The van der Waals surface area contributed by atoms with Gasteiger partial charge in [-0.15, -0.1) is 0 Å². The standard InChI is InChI=1S/C12H27N3/c1-5-11(2)12(13-3)10-15-8-6-14(4)7-9-15/h11-13H,5-10H2,1-4H3. The van der Waals surface area contributed by atoms with Gasteiger partial charge in [0.2, 0.25) is 0 Å². The van der Waals surface area contributed by atoms with Crippen molar-refractivity contribution in [3.8, 4) is 0 Å². The molecule has 0 radical (unpaired) electrons. The Kier molecular flexibility index (Phi) is 5.58. The molecule has 1 aliphatic rings. The van der Waals surface area contributed by atoms with E-state index < -0.39 is 0 Å². The molecule has 0 bridgehead atoms. The maximum Gasteiger partial charge on any atom is 0.0217 e. The van der Waals surface area contributed by atoms with Crippen molar-refractivity contribution in [2.24, 2.45) is 5.92 Å². The first-order valence-corrected chi connectivity index (χ1v) is 6.25. The first-order chi connectivity index (χ1) is 7.17. The Labute approximate surface area is 94.8 Å². The van der Waals surface area contributed by atoms with Crippen LogP contribution in [-0.2, 0) is 0 Å². The molecule has 3 nitrogen and oxygen atoms in total. The van der Waals surface area contributed by atoms with Crippen LogP contribution in [-0.4, -0.2) is 62.7 Å². The topological polar surface area (TPSA) is 18.5 Å².